The molecule has 0 bridgehead atoms. The molecule has 0 aromatic heterocycles. The second-order valence-corrected chi connectivity index (χ2v) is 8.78. The van der Waals surface area contributed by atoms with Crippen LogP contribution in [0, 0.1) is 0 Å². The fourth-order valence-electron chi connectivity index (χ4n) is 3.26. The fourth-order valence-corrected chi connectivity index (χ4v) is 3.26. The van der Waals surface area contributed by atoms with Crippen molar-refractivity contribution in [2.75, 3.05) is 20.8 Å². The van der Waals surface area contributed by atoms with Crippen molar-refractivity contribution in [1.82, 2.24) is 5.06 Å². The zero-order chi connectivity index (χ0) is 23.7. The number of benzene rings is 2. The van der Waals surface area contributed by atoms with E-state index in [2.05, 4.69) is 30.3 Å². The summed E-state index contributed by atoms with van der Waals surface area (Å²) in [7, 11) is 2.71. The molecule has 2 rings (SSSR count). The highest BCUT2D eigenvalue weighted by Gasteiger charge is 2.37. The molecule has 1 N–H and O–H groups in total. The average Bonchev–Trinajstić information content (AvgIpc) is 2.75. The SMILES string of the molecule is CON(C)C(=O)[C@H](OCCCCCc1ccc2ccccc2c1)[C@@H](O)C(=O)OC(C)(C)C. The maximum Gasteiger partial charge on any atom is 0.338 e. The first kappa shape index (κ1) is 25.8. The van der Waals surface area contributed by atoms with Gasteiger partial charge in [-0.05, 0) is 56.4 Å². The lowest BCUT2D eigenvalue weighted by Gasteiger charge is -2.27. The Kier molecular flexibility index (Phi) is 9.62. The van der Waals surface area contributed by atoms with Crippen LogP contribution in [-0.4, -0.2) is 60.6 Å². The summed E-state index contributed by atoms with van der Waals surface area (Å²) >= 11 is 0. The standard InChI is InChI=1S/C25H35NO6/c1-25(2,3)32-24(29)21(27)22(23(28)26(4)30-5)31-16-10-6-7-11-18-14-15-19-12-8-9-13-20(19)17-18/h8-9,12-15,17,21-22,27H,6-7,10-11,16H2,1-5H3/t21-,22-/m1/s1. The van der Waals surface area contributed by atoms with E-state index in [0.717, 1.165) is 24.3 Å². The Hall–Kier alpha value is -2.48. The number of esters is 1. The van der Waals surface area contributed by atoms with Gasteiger partial charge in [0.15, 0.2) is 12.2 Å². The van der Waals surface area contributed by atoms with Gasteiger partial charge in [0.2, 0.25) is 0 Å². The Morgan fingerprint density at radius 2 is 1.72 bits per heavy atom. The number of hydrogen-bond donors (Lipinski definition) is 1. The van der Waals surface area contributed by atoms with Gasteiger partial charge in [-0.15, -0.1) is 0 Å². The van der Waals surface area contributed by atoms with Crippen LogP contribution in [0.4, 0.5) is 0 Å². The number of aliphatic hydroxyl groups excluding tert-OH is 1. The van der Waals surface area contributed by atoms with Crippen LogP contribution in [0.5, 0.6) is 0 Å². The molecule has 0 heterocycles. The number of unbranched alkanes of at least 4 members (excludes halogenated alkanes) is 2. The highest BCUT2D eigenvalue weighted by Crippen LogP contribution is 2.18. The number of aliphatic hydroxyl groups is 1. The number of likely N-dealkylation sites (N-methyl/N-ethyl adjacent to an activating group) is 1. The molecule has 0 spiro atoms. The lowest BCUT2D eigenvalue weighted by molar-refractivity contribution is -0.196. The number of fused-ring (bicyclic) bond motifs is 1. The maximum absolute atomic E-state index is 12.5. The summed E-state index contributed by atoms with van der Waals surface area (Å²) in [6.45, 7) is 5.29. The van der Waals surface area contributed by atoms with Crippen molar-refractivity contribution in [3.63, 3.8) is 0 Å². The summed E-state index contributed by atoms with van der Waals surface area (Å²) in [5.41, 5.74) is 0.487. The van der Waals surface area contributed by atoms with Gasteiger partial charge in [-0.3, -0.25) is 9.63 Å². The number of hydroxylamine groups is 2. The lowest BCUT2D eigenvalue weighted by atomic mass is 10.0. The van der Waals surface area contributed by atoms with Gasteiger partial charge < -0.3 is 14.6 Å². The van der Waals surface area contributed by atoms with E-state index in [9.17, 15) is 14.7 Å². The smallest absolute Gasteiger partial charge is 0.338 e. The van der Waals surface area contributed by atoms with Crippen molar-refractivity contribution < 1.29 is 29.0 Å². The molecule has 2 atom stereocenters. The van der Waals surface area contributed by atoms with Gasteiger partial charge in [0, 0.05) is 13.7 Å². The molecular weight excluding hydrogens is 410 g/mol. The summed E-state index contributed by atoms with van der Waals surface area (Å²) in [5, 5.41) is 13.8. The van der Waals surface area contributed by atoms with Gasteiger partial charge in [0.1, 0.15) is 5.60 Å². The predicted molar refractivity (Wildman–Crippen MR) is 123 cm³/mol. The van der Waals surface area contributed by atoms with Gasteiger partial charge in [-0.25, -0.2) is 9.86 Å². The van der Waals surface area contributed by atoms with Gasteiger partial charge >= 0.3 is 5.97 Å². The van der Waals surface area contributed by atoms with Crippen molar-refractivity contribution in [3.8, 4) is 0 Å². The first-order valence-corrected chi connectivity index (χ1v) is 10.9. The van der Waals surface area contributed by atoms with E-state index in [1.807, 2.05) is 12.1 Å². The number of nitrogens with zero attached hydrogens (tertiary/aromatic N) is 1. The number of rotatable bonds is 11. The first-order chi connectivity index (χ1) is 15.1. The van der Waals surface area contributed by atoms with Crippen LogP contribution in [0.2, 0.25) is 0 Å². The molecule has 0 aliphatic carbocycles. The van der Waals surface area contributed by atoms with Crippen molar-refractivity contribution in [1.29, 1.82) is 0 Å². The highest BCUT2D eigenvalue weighted by atomic mass is 16.7. The number of carbonyl (C=O) groups excluding carboxylic acids is 2. The molecule has 2 aromatic carbocycles. The Morgan fingerprint density at radius 3 is 2.38 bits per heavy atom. The zero-order valence-electron chi connectivity index (χ0n) is 19.7. The van der Waals surface area contributed by atoms with E-state index in [1.165, 1.54) is 30.5 Å². The number of aryl methyl sites for hydroxylation is 1. The second-order valence-electron chi connectivity index (χ2n) is 8.78. The van der Waals surface area contributed by atoms with Crippen LogP contribution in [-0.2, 0) is 30.3 Å². The average molecular weight is 446 g/mol. The van der Waals surface area contributed by atoms with E-state index >= 15 is 0 Å². The maximum atomic E-state index is 12.5. The molecule has 0 saturated carbocycles. The minimum atomic E-state index is -1.74. The molecule has 0 aliphatic rings. The van der Waals surface area contributed by atoms with Crippen molar-refractivity contribution in [2.45, 2.75) is 64.3 Å². The molecule has 0 unspecified atom stereocenters. The molecule has 176 valence electrons. The molecule has 0 aliphatic heterocycles. The number of hydrogen-bond acceptors (Lipinski definition) is 6. The van der Waals surface area contributed by atoms with E-state index in [-0.39, 0.29) is 6.61 Å². The largest absolute Gasteiger partial charge is 0.458 e. The molecule has 2 aromatic rings. The normalized spacial score (nSPS) is 13.6. The Morgan fingerprint density at radius 1 is 1.03 bits per heavy atom. The second kappa shape index (κ2) is 11.9. The van der Waals surface area contributed by atoms with E-state index in [0.29, 0.717) is 6.42 Å². The molecule has 0 fully saturated rings. The fraction of sp³-hybridized carbons (Fsp3) is 0.520. The topological polar surface area (TPSA) is 85.3 Å². The summed E-state index contributed by atoms with van der Waals surface area (Å²) in [5.74, 6) is -1.56. The van der Waals surface area contributed by atoms with E-state index in [1.54, 1.807) is 20.8 Å². The molecule has 7 nitrogen and oxygen atoms in total. The lowest BCUT2D eigenvalue weighted by Crippen LogP contribution is -2.49. The van der Waals surface area contributed by atoms with Crippen LogP contribution >= 0.6 is 0 Å². The minimum absolute atomic E-state index is 0.228. The van der Waals surface area contributed by atoms with Gasteiger partial charge in [0.05, 0.1) is 7.11 Å². The van der Waals surface area contributed by atoms with E-state index in [4.69, 9.17) is 14.3 Å². The van der Waals surface area contributed by atoms with Crippen LogP contribution in [0.15, 0.2) is 42.5 Å². The summed E-state index contributed by atoms with van der Waals surface area (Å²) in [4.78, 5) is 29.6. The van der Waals surface area contributed by atoms with Gasteiger partial charge in [-0.1, -0.05) is 48.9 Å². The number of amides is 1. The number of carbonyl (C=O) groups is 2. The quantitative estimate of drug-likeness (QED) is 0.323. The highest BCUT2D eigenvalue weighted by molar-refractivity contribution is 5.88. The molecular formula is C25H35NO6. The predicted octanol–water partition coefficient (Wildman–Crippen LogP) is 3.66. The molecule has 0 radical (unpaired) electrons. The Balaban J connectivity index is 1.84. The van der Waals surface area contributed by atoms with E-state index < -0.39 is 29.7 Å². The molecule has 32 heavy (non-hydrogen) atoms. The molecule has 0 saturated heterocycles. The van der Waals surface area contributed by atoms with Crippen molar-refractivity contribution >= 4 is 22.6 Å². The minimum Gasteiger partial charge on any atom is -0.458 e. The van der Waals surface area contributed by atoms with Gasteiger partial charge in [0.25, 0.3) is 5.91 Å². The Labute approximate surface area is 190 Å². The van der Waals surface area contributed by atoms with Gasteiger partial charge in [-0.2, -0.15) is 0 Å². The molecule has 7 heteroatoms. The summed E-state index contributed by atoms with van der Waals surface area (Å²) in [6, 6.07) is 14.8. The molecule has 1 amide bonds. The van der Waals surface area contributed by atoms with Crippen LogP contribution in [0.1, 0.15) is 45.6 Å². The first-order valence-electron chi connectivity index (χ1n) is 10.9. The van der Waals surface area contributed by atoms with Crippen LogP contribution < -0.4 is 0 Å². The third-order valence-corrected chi connectivity index (χ3v) is 4.98. The summed E-state index contributed by atoms with van der Waals surface area (Å²) in [6.07, 6.45) is 0.352. The van der Waals surface area contributed by atoms with Crippen LogP contribution in [0.25, 0.3) is 10.8 Å². The Bertz CT molecular complexity index is 891. The third kappa shape index (κ3) is 7.89. The monoisotopic (exact) mass is 445 g/mol. The van der Waals surface area contributed by atoms with Crippen molar-refractivity contribution in [2.24, 2.45) is 0 Å². The number of ether oxygens (including phenoxy) is 2. The van der Waals surface area contributed by atoms with Crippen LogP contribution in [0.3, 0.4) is 0 Å². The third-order valence-electron chi connectivity index (χ3n) is 4.98. The zero-order valence-corrected chi connectivity index (χ0v) is 19.7. The summed E-state index contributed by atoms with van der Waals surface area (Å²) < 4.78 is 10.8. The van der Waals surface area contributed by atoms with Crippen molar-refractivity contribution in [3.05, 3.63) is 48.0 Å².